The van der Waals surface area contributed by atoms with Crippen molar-refractivity contribution < 1.29 is 32.1 Å². The Hall–Kier alpha value is -2.83. The first kappa shape index (κ1) is 28.7. The lowest BCUT2D eigenvalue weighted by Crippen LogP contribution is -2.41. The number of ether oxygens (including phenoxy) is 1. The van der Waals surface area contributed by atoms with E-state index in [1.807, 2.05) is 10.2 Å². The maximum Gasteiger partial charge on any atom is 0.268 e. The highest BCUT2D eigenvalue weighted by atomic mass is 32.2. The zero-order valence-corrected chi connectivity index (χ0v) is 21.1. The number of thioether (sulfide) groups is 1. The van der Waals surface area contributed by atoms with Gasteiger partial charge in [0.1, 0.15) is 11.9 Å². The molecule has 2 atom stereocenters. The largest absolute Gasteiger partial charge is 0.627 e. The summed E-state index contributed by atoms with van der Waals surface area (Å²) in [6.45, 7) is 3.43. The fourth-order valence-electron chi connectivity index (χ4n) is 3.91. The summed E-state index contributed by atoms with van der Waals surface area (Å²) in [5.41, 5.74) is 0.0294. The van der Waals surface area contributed by atoms with Crippen LogP contribution in [0.15, 0.2) is 28.8 Å². The predicted molar refractivity (Wildman–Crippen MR) is 133 cm³/mol. The number of hydroxylamine groups is 3. The van der Waals surface area contributed by atoms with Gasteiger partial charge in [0.25, 0.3) is 12.3 Å². The van der Waals surface area contributed by atoms with Crippen molar-refractivity contribution in [3.63, 3.8) is 0 Å². The molecule has 2 aliphatic heterocycles. The van der Waals surface area contributed by atoms with Gasteiger partial charge in [0.15, 0.2) is 10.6 Å². The molecule has 10 nitrogen and oxygen atoms in total. The van der Waals surface area contributed by atoms with Crippen LogP contribution in [0.2, 0.25) is 0 Å². The van der Waals surface area contributed by atoms with Gasteiger partial charge in [0.2, 0.25) is 5.91 Å². The van der Waals surface area contributed by atoms with Crippen LogP contribution in [-0.4, -0.2) is 92.1 Å². The molecule has 2 amide bonds. The molecule has 0 spiro atoms. The van der Waals surface area contributed by atoms with E-state index in [0.717, 1.165) is 11.8 Å². The van der Waals surface area contributed by atoms with Gasteiger partial charge in [-0.1, -0.05) is 11.8 Å². The number of nitrogens with zero attached hydrogens (tertiary/aromatic N) is 3. The van der Waals surface area contributed by atoms with Crippen molar-refractivity contribution in [3.8, 4) is 6.07 Å². The lowest BCUT2D eigenvalue weighted by Gasteiger charge is -2.37. The number of alkyl halides is 2. The topological polar surface area (TPSA) is 130 Å². The van der Waals surface area contributed by atoms with E-state index in [9.17, 15) is 33.2 Å². The number of amides is 2. The van der Waals surface area contributed by atoms with E-state index in [1.165, 1.54) is 18.2 Å². The van der Waals surface area contributed by atoms with Gasteiger partial charge in [0, 0.05) is 25.3 Å². The molecule has 2 heterocycles. The Kier molecular flexibility index (Phi) is 10.2. The van der Waals surface area contributed by atoms with Gasteiger partial charge in [-0.25, -0.2) is 13.2 Å². The van der Waals surface area contributed by atoms with E-state index in [-0.39, 0.29) is 48.1 Å². The molecule has 0 aromatic heterocycles. The Morgan fingerprint density at radius 2 is 2.08 bits per heavy atom. The van der Waals surface area contributed by atoms with Crippen LogP contribution >= 0.6 is 11.8 Å². The summed E-state index contributed by atoms with van der Waals surface area (Å²) >= 11 is 1.04. The molecule has 1 aromatic rings. The van der Waals surface area contributed by atoms with Crippen LogP contribution in [0, 0.1) is 22.4 Å². The fraction of sp³-hybridized carbons (Fsp3) is 0.522. The van der Waals surface area contributed by atoms with Gasteiger partial charge in [-0.15, -0.1) is 0 Å². The minimum absolute atomic E-state index is 0.00731. The van der Waals surface area contributed by atoms with Gasteiger partial charge in [-0.05, 0) is 25.1 Å². The van der Waals surface area contributed by atoms with Crippen LogP contribution in [0.3, 0.4) is 0 Å². The molecule has 202 valence electrons. The van der Waals surface area contributed by atoms with Gasteiger partial charge in [-0.3, -0.25) is 14.5 Å². The monoisotopic (exact) mass is 542 g/mol. The van der Waals surface area contributed by atoms with Crippen molar-refractivity contribution in [1.82, 2.24) is 10.2 Å². The van der Waals surface area contributed by atoms with Crippen LogP contribution in [0.5, 0.6) is 0 Å². The van der Waals surface area contributed by atoms with E-state index in [4.69, 9.17) is 4.74 Å². The number of nitriles is 1. The molecular formula is C23H29F3N6O4S. The smallest absolute Gasteiger partial charge is 0.268 e. The normalized spacial score (nSPS) is 23.4. The summed E-state index contributed by atoms with van der Waals surface area (Å²) < 4.78 is 43.6. The molecule has 0 aliphatic carbocycles. The molecule has 1 aromatic carbocycles. The number of rotatable bonds is 10. The number of carbonyl (C=O) groups excluding carboxylic acids is 2. The maximum atomic E-state index is 14.3. The number of anilines is 2. The minimum Gasteiger partial charge on any atom is -0.627 e. The molecular weight excluding hydrogens is 513 g/mol. The van der Waals surface area contributed by atoms with E-state index in [2.05, 4.69) is 10.6 Å². The van der Waals surface area contributed by atoms with Crippen molar-refractivity contribution in [1.29, 1.82) is 5.26 Å². The zero-order valence-electron chi connectivity index (χ0n) is 20.3. The maximum absolute atomic E-state index is 14.3. The zero-order chi connectivity index (χ0) is 27.0. The van der Waals surface area contributed by atoms with E-state index < -0.39 is 34.9 Å². The molecule has 2 aliphatic rings. The molecule has 1 unspecified atom stereocenters. The average Bonchev–Trinajstić information content (AvgIpc) is 3.20. The first-order valence-corrected chi connectivity index (χ1v) is 12.6. The molecule has 2 saturated heterocycles. The first-order valence-electron chi connectivity index (χ1n) is 11.7. The van der Waals surface area contributed by atoms with Crippen LogP contribution in [0.25, 0.3) is 0 Å². The Morgan fingerprint density at radius 1 is 1.35 bits per heavy atom. The summed E-state index contributed by atoms with van der Waals surface area (Å²) in [6.07, 6.45) is -2.79. The van der Waals surface area contributed by atoms with Crippen LogP contribution in [0.4, 0.5) is 24.5 Å². The highest BCUT2D eigenvalue weighted by molar-refractivity contribution is 8.03. The van der Waals surface area contributed by atoms with E-state index >= 15 is 0 Å². The van der Waals surface area contributed by atoms with Gasteiger partial charge >= 0.3 is 0 Å². The third-order valence-corrected chi connectivity index (χ3v) is 7.28. The molecule has 2 fully saturated rings. The Morgan fingerprint density at radius 3 is 2.73 bits per heavy atom. The van der Waals surface area contributed by atoms with Crippen LogP contribution < -0.4 is 16.0 Å². The van der Waals surface area contributed by atoms with Crippen molar-refractivity contribution in [2.45, 2.75) is 18.6 Å². The number of benzene rings is 1. The summed E-state index contributed by atoms with van der Waals surface area (Å²) in [6, 6.07) is 5.83. The van der Waals surface area contributed by atoms with Crippen molar-refractivity contribution in [3.05, 3.63) is 39.8 Å². The predicted octanol–water partition coefficient (Wildman–Crippen LogP) is 2.07. The molecule has 0 bridgehead atoms. The number of nitrogens with one attached hydrogen (secondary N) is 3. The third kappa shape index (κ3) is 7.83. The van der Waals surface area contributed by atoms with Gasteiger partial charge < -0.3 is 30.5 Å². The summed E-state index contributed by atoms with van der Waals surface area (Å²) in [5.74, 6) is -1.97. The van der Waals surface area contributed by atoms with Crippen molar-refractivity contribution in [2.75, 3.05) is 69.7 Å². The average molecular weight is 543 g/mol. The minimum atomic E-state index is -2.79. The standard InChI is InChI=1S/C23H29F3N6O4S/c1-2-32(35)14-16(37-23(32)17(10-27)22(34)29-12-20(25)26)11-28-15-3-4-18(24)19(9-15)30-21(33)13-31-5-7-36-8-6-31/h3-4,9,16,20,28H,2,5-8,11-14H2,1H3,(H,29,34)(H,30,33)/b23-17-/t16-,32?/m1/s1. The van der Waals surface area contributed by atoms with Crippen LogP contribution in [0.1, 0.15) is 6.92 Å². The van der Waals surface area contributed by atoms with Gasteiger partial charge in [0.05, 0.1) is 50.3 Å². The van der Waals surface area contributed by atoms with E-state index in [1.54, 1.807) is 13.0 Å². The third-order valence-electron chi connectivity index (χ3n) is 5.87. The Labute approximate surface area is 217 Å². The molecule has 3 N–H and O–H groups in total. The second-order valence-corrected chi connectivity index (χ2v) is 9.82. The Bertz CT molecular complexity index is 1060. The first-order chi connectivity index (χ1) is 17.6. The number of carbonyl (C=O) groups is 2. The van der Waals surface area contributed by atoms with Gasteiger partial charge in [-0.2, -0.15) is 5.26 Å². The van der Waals surface area contributed by atoms with Crippen molar-refractivity contribution in [2.24, 2.45) is 0 Å². The van der Waals surface area contributed by atoms with Crippen LogP contribution in [-0.2, 0) is 14.3 Å². The molecule has 0 saturated carbocycles. The quantitative estimate of drug-likeness (QED) is 0.177. The summed E-state index contributed by atoms with van der Waals surface area (Å²) in [7, 11) is 0. The number of morpholine rings is 1. The Balaban J connectivity index is 1.64. The highest BCUT2D eigenvalue weighted by Crippen LogP contribution is 2.42. The fourth-order valence-corrected chi connectivity index (χ4v) is 5.36. The SMILES string of the molecule is CC[N+]1([O-])C[C@@H](CNc2ccc(F)c(NC(=O)CN3CCOCC3)c2)S/C1=C(/C#N)C(=O)NCC(F)F. The summed E-state index contributed by atoms with van der Waals surface area (Å²) in [5, 5.41) is 30.0. The lowest BCUT2D eigenvalue weighted by atomic mass is 10.2. The molecule has 3 rings (SSSR count). The number of halogens is 3. The molecule has 0 radical (unpaired) electrons. The van der Waals surface area contributed by atoms with Crippen molar-refractivity contribution >= 4 is 35.0 Å². The van der Waals surface area contributed by atoms with E-state index in [0.29, 0.717) is 32.0 Å². The summed E-state index contributed by atoms with van der Waals surface area (Å²) in [4.78, 5) is 26.5. The number of hydrogen-bond donors (Lipinski definition) is 3. The number of quaternary nitrogens is 1. The number of hydrogen-bond acceptors (Lipinski definition) is 8. The lowest BCUT2D eigenvalue weighted by molar-refractivity contribution is -0.827. The second kappa shape index (κ2) is 13.1. The molecule has 14 heteroatoms. The second-order valence-electron chi connectivity index (χ2n) is 8.53. The molecule has 37 heavy (non-hydrogen) atoms. The highest BCUT2D eigenvalue weighted by Gasteiger charge is 2.41.